The van der Waals surface area contributed by atoms with Crippen LogP contribution < -0.4 is 4.74 Å². The predicted molar refractivity (Wildman–Crippen MR) is 90.9 cm³/mol. The number of benzene rings is 1. The van der Waals surface area contributed by atoms with E-state index in [9.17, 15) is 9.59 Å². The van der Waals surface area contributed by atoms with Crippen molar-refractivity contribution in [1.29, 1.82) is 0 Å². The molecule has 0 heterocycles. The van der Waals surface area contributed by atoms with Crippen molar-refractivity contribution < 1.29 is 19.1 Å². The fraction of sp³-hybridized carbons (Fsp3) is 0.412. The monoisotopic (exact) mass is 358 g/mol. The molecule has 6 heteroatoms. The van der Waals surface area contributed by atoms with Crippen LogP contribution in [0.1, 0.15) is 39.5 Å². The molecule has 23 heavy (non-hydrogen) atoms. The molecule has 0 aliphatic carbocycles. The van der Waals surface area contributed by atoms with E-state index in [0.717, 1.165) is 37.8 Å². The number of halogens is 2. The smallest absolute Gasteiger partial charge is 0.336 e. The standard InChI is InChI=1S/C17H20Cl2O4/c1-3-4-5-6-12(2)22-16(20)9-10-17(21)23-15-8-7-13(18)11-14(15)19/h7-12H,3-6H2,1-2H3/b10-9+. The molecule has 0 amide bonds. The summed E-state index contributed by atoms with van der Waals surface area (Å²) in [6.45, 7) is 3.94. The third kappa shape index (κ3) is 8.05. The zero-order valence-electron chi connectivity index (χ0n) is 13.2. The van der Waals surface area contributed by atoms with E-state index < -0.39 is 11.9 Å². The normalized spacial score (nSPS) is 12.2. The molecule has 126 valence electrons. The Morgan fingerprint density at radius 3 is 2.52 bits per heavy atom. The summed E-state index contributed by atoms with van der Waals surface area (Å²) in [4.78, 5) is 23.2. The summed E-state index contributed by atoms with van der Waals surface area (Å²) >= 11 is 11.6. The molecule has 1 rings (SSSR count). The van der Waals surface area contributed by atoms with Crippen molar-refractivity contribution in [3.63, 3.8) is 0 Å². The molecule has 0 saturated heterocycles. The molecule has 0 N–H and O–H groups in total. The molecular formula is C17H20Cl2O4. The third-order valence-electron chi connectivity index (χ3n) is 2.99. The molecule has 0 aromatic heterocycles. The molecule has 1 unspecified atom stereocenters. The first kappa shape index (κ1) is 19.5. The van der Waals surface area contributed by atoms with Crippen LogP contribution in [0.25, 0.3) is 0 Å². The van der Waals surface area contributed by atoms with Crippen LogP contribution >= 0.6 is 23.2 Å². The van der Waals surface area contributed by atoms with Gasteiger partial charge in [-0.05, 0) is 38.0 Å². The van der Waals surface area contributed by atoms with Crippen LogP contribution in [0, 0.1) is 0 Å². The topological polar surface area (TPSA) is 52.6 Å². The minimum absolute atomic E-state index is 0.173. The molecule has 0 spiro atoms. The Kier molecular flexibility index (Phi) is 8.74. The van der Waals surface area contributed by atoms with Gasteiger partial charge in [-0.25, -0.2) is 9.59 Å². The van der Waals surface area contributed by atoms with Crippen LogP contribution in [0.4, 0.5) is 0 Å². The largest absolute Gasteiger partial charge is 0.460 e. The zero-order valence-corrected chi connectivity index (χ0v) is 14.7. The van der Waals surface area contributed by atoms with Gasteiger partial charge in [0.25, 0.3) is 0 Å². The summed E-state index contributed by atoms with van der Waals surface area (Å²) in [5.74, 6) is -1.12. The minimum atomic E-state index is -0.718. The van der Waals surface area contributed by atoms with Gasteiger partial charge in [0.05, 0.1) is 11.1 Å². The van der Waals surface area contributed by atoms with Crippen molar-refractivity contribution in [2.24, 2.45) is 0 Å². The fourth-order valence-electron chi connectivity index (χ4n) is 1.81. The van der Waals surface area contributed by atoms with Crippen LogP contribution in [0.3, 0.4) is 0 Å². The van der Waals surface area contributed by atoms with Crippen LogP contribution in [0.15, 0.2) is 30.4 Å². The molecular weight excluding hydrogens is 339 g/mol. The number of unbranched alkanes of at least 4 members (excludes halogenated alkanes) is 2. The first-order valence-corrected chi connectivity index (χ1v) is 8.23. The van der Waals surface area contributed by atoms with Crippen LogP contribution in [0.5, 0.6) is 5.75 Å². The molecule has 0 saturated carbocycles. The fourth-order valence-corrected chi connectivity index (χ4v) is 2.26. The van der Waals surface area contributed by atoms with Crippen molar-refractivity contribution in [2.75, 3.05) is 0 Å². The maximum atomic E-state index is 11.6. The van der Waals surface area contributed by atoms with E-state index in [-0.39, 0.29) is 16.9 Å². The zero-order chi connectivity index (χ0) is 17.2. The number of carbonyl (C=O) groups is 2. The second-order valence-electron chi connectivity index (χ2n) is 5.07. The van der Waals surface area contributed by atoms with Gasteiger partial charge in [-0.15, -0.1) is 0 Å². The number of carbonyl (C=O) groups excluding carboxylic acids is 2. The lowest BCUT2D eigenvalue weighted by atomic mass is 10.1. The molecule has 1 aromatic carbocycles. The van der Waals surface area contributed by atoms with Crippen molar-refractivity contribution in [3.8, 4) is 5.75 Å². The van der Waals surface area contributed by atoms with E-state index in [0.29, 0.717) is 5.02 Å². The maximum Gasteiger partial charge on any atom is 0.336 e. The van der Waals surface area contributed by atoms with Crippen LogP contribution in [0.2, 0.25) is 10.0 Å². The van der Waals surface area contributed by atoms with Gasteiger partial charge in [-0.3, -0.25) is 0 Å². The summed E-state index contributed by atoms with van der Waals surface area (Å²) in [5, 5.41) is 0.650. The lowest BCUT2D eigenvalue weighted by molar-refractivity contribution is -0.143. The SMILES string of the molecule is CCCCCC(C)OC(=O)/C=C/C(=O)Oc1ccc(Cl)cc1Cl. The molecule has 4 nitrogen and oxygen atoms in total. The lowest BCUT2D eigenvalue weighted by Crippen LogP contribution is -2.13. The van der Waals surface area contributed by atoms with Crippen molar-refractivity contribution >= 4 is 35.1 Å². The summed E-state index contributed by atoms with van der Waals surface area (Å²) in [6.07, 6.45) is 5.89. The number of hydrogen-bond donors (Lipinski definition) is 0. The summed E-state index contributed by atoms with van der Waals surface area (Å²) in [6, 6.07) is 4.48. The van der Waals surface area contributed by atoms with E-state index in [1.54, 1.807) is 6.07 Å². The Labute approximate surface area is 146 Å². The van der Waals surface area contributed by atoms with Gasteiger partial charge in [0.15, 0.2) is 0 Å². The van der Waals surface area contributed by atoms with E-state index in [1.807, 2.05) is 6.92 Å². The Morgan fingerprint density at radius 2 is 1.87 bits per heavy atom. The Hall–Kier alpha value is -1.52. The third-order valence-corrected chi connectivity index (χ3v) is 3.52. The van der Waals surface area contributed by atoms with Crippen molar-refractivity contribution in [2.45, 2.75) is 45.6 Å². The molecule has 0 aliphatic rings. The molecule has 0 bridgehead atoms. The van der Waals surface area contributed by atoms with Gasteiger partial charge in [0, 0.05) is 17.2 Å². The molecule has 1 aromatic rings. The van der Waals surface area contributed by atoms with Crippen molar-refractivity contribution in [3.05, 3.63) is 40.4 Å². The highest BCUT2D eigenvalue weighted by atomic mass is 35.5. The van der Waals surface area contributed by atoms with E-state index in [4.69, 9.17) is 32.7 Å². The Bertz CT molecular complexity index is 570. The first-order valence-electron chi connectivity index (χ1n) is 7.48. The van der Waals surface area contributed by atoms with Gasteiger partial charge in [0.2, 0.25) is 0 Å². The summed E-state index contributed by atoms with van der Waals surface area (Å²) in [7, 11) is 0. The summed E-state index contributed by atoms with van der Waals surface area (Å²) < 4.78 is 10.2. The van der Waals surface area contributed by atoms with Crippen LogP contribution in [-0.4, -0.2) is 18.0 Å². The number of rotatable bonds is 8. The predicted octanol–water partition coefficient (Wildman–Crippen LogP) is 4.97. The second-order valence-corrected chi connectivity index (χ2v) is 5.92. The lowest BCUT2D eigenvalue weighted by Gasteiger charge is -2.11. The van der Waals surface area contributed by atoms with Gasteiger partial charge < -0.3 is 9.47 Å². The van der Waals surface area contributed by atoms with Crippen molar-refractivity contribution in [1.82, 2.24) is 0 Å². The molecule has 1 atom stereocenters. The highest BCUT2D eigenvalue weighted by molar-refractivity contribution is 6.35. The Morgan fingerprint density at radius 1 is 1.17 bits per heavy atom. The molecule has 0 aliphatic heterocycles. The Balaban J connectivity index is 2.43. The van der Waals surface area contributed by atoms with Gasteiger partial charge in [-0.2, -0.15) is 0 Å². The van der Waals surface area contributed by atoms with E-state index in [1.165, 1.54) is 12.1 Å². The quantitative estimate of drug-likeness (QED) is 0.285. The molecule has 0 fully saturated rings. The molecule has 0 radical (unpaired) electrons. The number of esters is 2. The number of hydrogen-bond acceptors (Lipinski definition) is 4. The summed E-state index contributed by atoms with van der Waals surface area (Å²) in [5.41, 5.74) is 0. The van der Waals surface area contributed by atoms with Gasteiger partial charge in [-0.1, -0.05) is 43.0 Å². The van der Waals surface area contributed by atoms with Gasteiger partial charge >= 0.3 is 11.9 Å². The average Bonchev–Trinajstić information content (AvgIpc) is 2.48. The van der Waals surface area contributed by atoms with E-state index >= 15 is 0 Å². The number of ether oxygens (including phenoxy) is 2. The highest BCUT2D eigenvalue weighted by Crippen LogP contribution is 2.27. The first-order chi connectivity index (χ1) is 10.9. The van der Waals surface area contributed by atoms with Gasteiger partial charge in [0.1, 0.15) is 5.75 Å². The highest BCUT2D eigenvalue weighted by Gasteiger charge is 2.09. The van der Waals surface area contributed by atoms with Crippen LogP contribution in [-0.2, 0) is 14.3 Å². The maximum absolute atomic E-state index is 11.6. The average molecular weight is 359 g/mol. The minimum Gasteiger partial charge on any atom is -0.460 e. The van der Waals surface area contributed by atoms with E-state index in [2.05, 4.69) is 6.92 Å². The second kappa shape index (κ2) is 10.3.